The molecule has 0 bridgehead atoms. The smallest absolute Gasteiger partial charge is 0.325 e. The number of nitrogens with one attached hydrogen (secondary N) is 1. The third kappa shape index (κ3) is 4.43. The lowest BCUT2D eigenvalue weighted by molar-refractivity contribution is -0.127. The van der Waals surface area contributed by atoms with Crippen LogP contribution in [0.3, 0.4) is 0 Å². The number of likely N-dealkylation sites (N-methyl/N-ethyl adjacent to an activating group) is 1. The van der Waals surface area contributed by atoms with Gasteiger partial charge in [-0.3, -0.25) is 10.1 Å². The first-order chi connectivity index (χ1) is 11.6. The zero-order valence-electron chi connectivity index (χ0n) is 15.1. The first-order valence-corrected chi connectivity index (χ1v) is 10.3. The molecular formula is C17H30N4O2S. The monoisotopic (exact) mass is 354 g/mol. The predicted octanol–water partition coefficient (Wildman–Crippen LogP) is 3.04. The predicted molar refractivity (Wildman–Crippen MR) is 99.1 cm³/mol. The van der Waals surface area contributed by atoms with Crippen LogP contribution in [0.4, 0.5) is 4.79 Å². The number of aliphatic imine (C=N–C) groups is 1. The van der Waals surface area contributed by atoms with Crippen LogP contribution in [0.2, 0.25) is 0 Å². The van der Waals surface area contributed by atoms with Gasteiger partial charge in [-0.05, 0) is 12.7 Å². The summed E-state index contributed by atoms with van der Waals surface area (Å²) in [7, 11) is 1.70. The Hall–Kier alpha value is -1.24. The van der Waals surface area contributed by atoms with Crippen molar-refractivity contribution in [2.75, 3.05) is 19.8 Å². The maximum absolute atomic E-state index is 12.3. The average molecular weight is 355 g/mol. The molecule has 7 heteroatoms. The van der Waals surface area contributed by atoms with Gasteiger partial charge in [-0.15, -0.1) is 0 Å². The molecule has 24 heavy (non-hydrogen) atoms. The van der Waals surface area contributed by atoms with Crippen LogP contribution in [-0.4, -0.2) is 59.0 Å². The van der Waals surface area contributed by atoms with E-state index in [2.05, 4.69) is 22.1 Å². The Bertz CT molecular complexity index is 483. The van der Waals surface area contributed by atoms with Crippen LogP contribution in [-0.2, 0) is 4.79 Å². The minimum Gasteiger partial charge on any atom is -0.336 e. The Morgan fingerprint density at radius 3 is 2.33 bits per heavy atom. The van der Waals surface area contributed by atoms with E-state index in [9.17, 15) is 9.59 Å². The van der Waals surface area contributed by atoms with E-state index in [1.165, 1.54) is 49.8 Å². The number of carbonyl (C=O) groups excluding carboxylic acids is 2. The molecule has 2 aliphatic rings. The molecule has 1 saturated heterocycles. The number of imide groups is 1. The maximum atomic E-state index is 12.3. The summed E-state index contributed by atoms with van der Waals surface area (Å²) in [5, 5.41) is 3.29. The highest BCUT2D eigenvalue weighted by Crippen LogP contribution is 2.27. The molecule has 0 aromatic rings. The van der Waals surface area contributed by atoms with Crippen LogP contribution in [0, 0.1) is 0 Å². The number of amidine groups is 1. The van der Waals surface area contributed by atoms with E-state index >= 15 is 0 Å². The zero-order valence-corrected chi connectivity index (χ0v) is 15.9. The van der Waals surface area contributed by atoms with Gasteiger partial charge in [-0.2, -0.15) is 0 Å². The van der Waals surface area contributed by atoms with E-state index in [0.29, 0.717) is 0 Å². The largest absolute Gasteiger partial charge is 0.336 e. The van der Waals surface area contributed by atoms with E-state index in [0.717, 1.165) is 18.1 Å². The maximum Gasteiger partial charge on any atom is 0.325 e. The number of nitrogens with zero attached hydrogens (tertiary/aromatic N) is 3. The van der Waals surface area contributed by atoms with Crippen molar-refractivity contribution in [3.63, 3.8) is 0 Å². The number of hydrogen-bond donors (Lipinski definition) is 1. The summed E-state index contributed by atoms with van der Waals surface area (Å²) in [5.74, 6) is -0.226. The van der Waals surface area contributed by atoms with Crippen LogP contribution < -0.4 is 5.32 Å². The second-order valence-corrected chi connectivity index (χ2v) is 7.32. The molecule has 0 aliphatic carbocycles. The van der Waals surface area contributed by atoms with Gasteiger partial charge in [0.25, 0.3) is 5.91 Å². The molecule has 0 aromatic carbocycles. The van der Waals surface area contributed by atoms with Gasteiger partial charge in [-0.25, -0.2) is 9.79 Å². The van der Waals surface area contributed by atoms with Gasteiger partial charge in [0.05, 0.1) is 0 Å². The third-order valence-electron chi connectivity index (χ3n) is 4.76. The fraction of sp³-hybridized carbons (Fsp3) is 0.824. The normalized spacial score (nSPS) is 23.4. The summed E-state index contributed by atoms with van der Waals surface area (Å²) in [6.45, 7) is 3.06. The van der Waals surface area contributed by atoms with Crippen LogP contribution in [0.1, 0.15) is 58.3 Å². The molecule has 0 aromatic heterocycles. The molecule has 0 radical (unpaired) electrons. The highest BCUT2D eigenvalue weighted by atomic mass is 32.2. The summed E-state index contributed by atoms with van der Waals surface area (Å²) < 4.78 is 0. The summed E-state index contributed by atoms with van der Waals surface area (Å²) in [6, 6.07) is -0.737. The van der Waals surface area contributed by atoms with Gasteiger partial charge in [0, 0.05) is 13.6 Å². The van der Waals surface area contributed by atoms with E-state index < -0.39 is 0 Å². The zero-order chi connectivity index (χ0) is 17.5. The molecule has 0 saturated carbocycles. The molecule has 136 valence electrons. The summed E-state index contributed by atoms with van der Waals surface area (Å²) >= 11 is 1.55. The van der Waals surface area contributed by atoms with E-state index in [1.54, 1.807) is 18.8 Å². The Labute approximate surface area is 149 Å². The lowest BCUT2D eigenvalue weighted by Gasteiger charge is -2.36. The van der Waals surface area contributed by atoms with Gasteiger partial charge >= 0.3 is 6.03 Å². The van der Waals surface area contributed by atoms with Gasteiger partial charge in [-0.1, -0.05) is 63.6 Å². The van der Waals surface area contributed by atoms with E-state index in [1.807, 2.05) is 6.26 Å². The van der Waals surface area contributed by atoms with Crippen molar-refractivity contribution in [2.45, 2.75) is 70.5 Å². The minimum absolute atomic E-state index is 0.226. The van der Waals surface area contributed by atoms with E-state index in [4.69, 9.17) is 0 Å². The topological polar surface area (TPSA) is 65.0 Å². The molecule has 2 rings (SSSR count). The number of hydrogen-bond acceptors (Lipinski definition) is 5. The van der Waals surface area contributed by atoms with Crippen LogP contribution in [0.5, 0.6) is 0 Å². The van der Waals surface area contributed by atoms with Gasteiger partial charge in [0.15, 0.2) is 17.4 Å². The first-order valence-electron chi connectivity index (χ1n) is 9.06. The first kappa shape index (κ1) is 19.1. The van der Waals surface area contributed by atoms with Crippen LogP contribution in [0.25, 0.3) is 0 Å². The van der Waals surface area contributed by atoms with Crippen molar-refractivity contribution in [1.29, 1.82) is 0 Å². The molecule has 2 unspecified atom stereocenters. The number of thioether (sulfide) groups is 1. The number of unbranched alkanes of at least 4 members (excludes halogenated alkanes) is 7. The van der Waals surface area contributed by atoms with Gasteiger partial charge < -0.3 is 9.80 Å². The average Bonchev–Trinajstić information content (AvgIpc) is 2.94. The molecule has 2 atom stereocenters. The molecule has 1 N–H and O–H groups in total. The fourth-order valence-electron chi connectivity index (χ4n) is 3.32. The van der Waals surface area contributed by atoms with Gasteiger partial charge in [0.2, 0.25) is 0 Å². The van der Waals surface area contributed by atoms with Crippen molar-refractivity contribution in [1.82, 2.24) is 15.1 Å². The lowest BCUT2D eigenvalue weighted by Crippen LogP contribution is -2.63. The van der Waals surface area contributed by atoms with Crippen molar-refractivity contribution in [2.24, 2.45) is 4.99 Å². The van der Waals surface area contributed by atoms with Crippen molar-refractivity contribution in [3.05, 3.63) is 0 Å². The van der Waals surface area contributed by atoms with Crippen LogP contribution in [0.15, 0.2) is 4.99 Å². The summed E-state index contributed by atoms with van der Waals surface area (Å²) in [5.41, 5.74) is 0. The minimum atomic E-state index is -0.386. The second kappa shape index (κ2) is 9.30. The molecule has 1 fully saturated rings. The lowest BCUT2D eigenvalue weighted by atomic mass is 10.1. The number of urea groups is 1. The third-order valence-corrected chi connectivity index (χ3v) is 5.46. The Balaban J connectivity index is 1.80. The SMILES string of the molecule is CCCCCCCCCCN1C(SC)=NC2C1C(=O)NC(=O)N2C. The molecule has 2 aliphatic heterocycles. The van der Waals surface area contributed by atoms with Crippen molar-refractivity contribution >= 4 is 28.9 Å². The van der Waals surface area contributed by atoms with Crippen molar-refractivity contribution in [3.8, 4) is 0 Å². The highest BCUT2D eigenvalue weighted by Gasteiger charge is 2.47. The Morgan fingerprint density at radius 2 is 1.71 bits per heavy atom. The number of amides is 3. The molecule has 0 spiro atoms. The molecule has 2 heterocycles. The second-order valence-electron chi connectivity index (χ2n) is 6.55. The summed E-state index contributed by atoms with van der Waals surface area (Å²) in [4.78, 5) is 32.2. The Kier molecular flexibility index (Phi) is 7.40. The number of carbonyl (C=O) groups is 2. The highest BCUT2D eigenvalue weighted by molar-refractivity contribution is 8.13. The quantitative estimate of drug-likeness (QED) is 0.646. The molecule has 3 amide bonds. The van der Waals surface area contributed by atoms with Crippen molar-refractivity contribution < 1.29 is 9.59 Å². The van der Waals surface area contributed by atoms with Crippen LogP contribution >= 0.6 is 11.8 Å². The molecule has 6 nitrogen and oxygen atoms in total. The van der Waals surface area contributed by atoms with E-state index in [-0.39, 0.29) is 24.1 Å². The molecular weight excluding hydrogens is 324 g/mol. The van der Waals surface area contributed by atoms with Gasteiger partial charge in [0.1, 0.15) is 0 Å². The number of rotatable bonds is 9. The Morgan fingerprint density at radius 1 is 1.08 bits per heavy atom. The standard InChI is InChI=1S/C17H30N4O2S/c1-4-5-6-7-8-9-10-11-12-21-13-14(18-17(21)24-3)20(2)16(23)19-15(13)22/h13-14H,4-12H2,1-3H3,(H,19,22,23). The fourth-order valence-corrected chi connectivity index (χ4v) is 3.97. The number of fused-ring (bicyclic) bond motifs is 1. The summed E-state index contributed by atoms with van der Waals surface area (Å²) in [6.07, 6.45) is 11.7.